The number of nitrogens with two attached hydrogens (primary N) is 1. The molecule has 0 saturated heterocycles. The van der Waals surface area contributed by atoms with E-state index in [4.69, 9.17) is 15.9 Å². The summed E-state index contributed by atoms with van der Waals surface area (Å²) in [6.07, 6.45) is 0.678. The van der Waals surface area contributed by atoms with Gasteiger partial charge in [0.2, 0.25) is 0 Å². The number of anilines is 1. The summed E-state index contributed by atoms with van der Waals surface area (Å²) in [7, 11) is -3.65. The van der Waals surface area contributed by atoms with Crippen LogP contribution in [0.2, 0.25) is 0 Å². The summed E-state index contributed by atoms with van der Waals surface area (Å²) >= 11 is 0. The number of rotatable bonds is 8. The minimum absolute atomic E-state index is 0.0399. The van der Waals surface area contributed by atoms with E-state index in [-0.39, 0.29) is 10.7 Å². The maximum atomic E-state index is 12.5. The van der Waals surface area contributed by atoms with Gasteiger partial charge in [0, 0.05) is 18.1 Å². The zero-order valence-electron chi connectivity index (χ0n) is 16.1. The molecule has 0 aliphatic carbocycles. The highest BCUT2D eigenvalue weighted by atomic mass is 32.2. The van der Waals surface area contributed by atoms with E-state index in [9.17, 15) is 8.42 Å². The van der Waals surface area contributed by atoms with E-state index in [1.807, 2.05) is 25.1 Å². The van der Waals surface area contributed by atoms with Crippen molar-refractivity contribution in [1.82, 2.24) is 0 Å². The van der Waals surface area contributed by atoms with E-state index in [1.54, 1.807) is 54.6 Å². The third-order valence-electron chi connectivity index (χ3n) is 4.28. The summed E-state index contributed by atoms with van der Waals surface area (Å²) in [5.41, 5.74) is 8.55. The van der Waals surface area contributed by atoms with Crippen molar-refractivity contribution in [2.24, 2.45) is 5.73 Å². The van der Waals surface area contributed by atoms with Gasteiger partial charge in [-0.2, -0.15) is 0 Å². The van der Waals surface area contributed by atoms with Crippen molar-refractivity contribution in [3.63, 3.8) is 0 Å². The number of hydrogen-bond donors (Lipinski definition) is 3. The van der Waals surface area contributed by atoms with Crippen LogP contribution in [-0.4, -0.2) is 20.9 Å². The molecule has 0 heterocycles. The number of aryl methyl sites for hydroxylation is 1. The average molecular weight is 410 g/mol. The third-order valence-corrected chi connectivity index (χ3v) is 5.68. The Bertz CT molecular complexity index is 1100. The zero-order chi connectivity index (χ0) is 20.9. The predicted octanol–water partition coefficient (Wildman–Crippen LogP) is 3.70. The lowest BCUT2D eigenvalue weighted by atomic mass is 10.1. The monoisotopic (exact) mass is 409 g/mol. The summed E-state index contributed by atoms with van der Waals surface area (Å²) in [5, 5.41) is 7.42. The number of amidine groups is 1. The molecule has 29 heavy (non-hydrogen) atoms. The van der Waals surface area contributed by atoms with E-state index < -0.39 is 10.0 Å². The molecule has 0 atom stereocenters. The van der Waals surface area contributed by atoms with Gasteiger partial charge in [-0.3, -0.25) is 10.1 Å². The standard InChI is InChI=1S/C22H23N3O3S/c1-16-13-19(25-29(26,27)21-5-3-2-4-6-21)15-20(14-16)28-12-11-17-7-9-18(10-8-17)22(23)24/h2-10,13-15,25H,11-12H2,1H3,(H3,23,24). The van der Waals surface area contributed by atoms with E-state index in [0.717, 1.165) is 11.1 Å². The van der Waals surface area contributed by atoms with Gasteiger partial charge in [-0.1, -0.05) is 42.5 Å². The molecule has 0 spiro atoms. The normalized spacial score (nSPS) is 11.1. The SMILES string of the molecule is Cc1cc(NS(=O)(=O)c2ccccc2)cc(OCCc2ccc(C(=N)N)cc2)c1. The van der Waals surface area contributed by atoms with Crippen molar-refractivity contribution >= 4 is 21.5 Å². The van der Waals surface area contributed by atoms with E-state index >= 15 is 0 Å². The molecule has 0 bridgehead atoms. The summed E-state index contributed by atoms with van der Waals surface area (Å²) in [6, 6.07) is 21.0. The summed E-state index contributed by atoms with van der Waals surface area (Å²) in [5.74, 6) is 0.633. The summed E-state index contributed by atoms with van der Waals surface area (Å²) < 4.78 is 33.5. The average Bonchev–Trinajstić information content (AvgIpc) is 2.68. The fraction of sp³-hybridized carbons (Fsp3) is 0.136. The first kappa shape index (κ1) is 20.4. The molecule has 3 aromatic carbocycles. The second-order valence-corrected chi connectivity index (χ2v) is 8.34. The number of hydrogen-bond acceptors (Lipinski definition) is 4. The Morgan fingerprint density at radius 2 is 1.72 bits per heavy atom. The lowest BCUT2D eigenvalue weighted by Crippen LogP contribution is -2.13. The smallest absolute Gasteiger partial charge is 0.261 e. The lowest BCUT2D eigenvalue weighted by molar-refractivity contribution is 0.322. The fourth-order valence-corrected chi connectivity index (χ4v) is 3.90. The van der Waals surface area contributed by atoms with Crippen LogP contribution in [0.1, 0.15) is 16.7 Å². The number of nitrogens with one attached hydrogen (secondary N) is 2. The number of nitrogen functional groups attached to an aromatic ring is 1. The first-order chi connectivity index (χ1) is 13.8. The molecule has 0 fully saturated rings. The molecular formula is C22H23N3O3S. The number of benzene rings is 3. The van der Waals surface area contributed by atoms with Crippen LogP contribution in [0.3, 0.4) is 0 Å². The Balaban J connectivity index is 1.65. The van der Waals surface area contributed by atoms with Gasteiger partial charge in [0.1, 0.15) is 11.6 Å². The molecule has 3 aromatic rings. The minimum atomic E-state index is -3.65. The van der Waals surface area contributed by atoms with Crippen LogP contribution < -0.4 is 15.2 Å². The fourth-order valence-electron chi connectivity index (χ4n) is 2.84. The number of ether oxygens (including phenoxy) is 1. The van der Waals surface area contributed by atoms with Gasteiger partial charge in [0.25, 0.3) is 10.0 Å². The van der Waals surface area contributed by atoms with Gasteiger partial charge in [-0.05, 0) is 42.3 Å². The van der Waals surface area contributed by atoms with Crippen molar-refractivity contribution in [3.8, 4) is 5.75 Å². The molecule has 0 radical (unpaired) electrons. The van der Waals surface area contributed by atoms with Gasteiger partial charge < -0.3 is 10.5 Å². The van der Waals surface area contributed by atoms with E-state index in [0.29, 0.717) is 30.0 Å². The van der Waals surface area contributed by atoms with Crippen molar-refractivity contribution in [2.45, 2.75) is 18.2 Å². The molecule has 6 nitrogen and oxygen atoms in total. The molecule has 3 rings (SSSR count). The van der Waals surface area contributed by atoms with Gasteiger partial charge in [0.05, 0.1) is 17.2 Å². The Morgan fingerprint density at radius 3 is 2.38 bits per heavy atom. The molecule has 0 amide bonds. The van der Waals surface area contributed by atoms with Gasteiger partial charge in [-0.25, -0.2) is 8.42 Å². The van der Waals surface area contributed by atoms with Crippen LogP contribution in [0, 0.1) is 12.3 Å². The quantitative estimate of drug-likeness (QED) is 0.390. The second kappa shape index (κ2) is 8.79. The van der Waals surface area contributed by atoms with Gasteiger partial charge in [-0.15, -0.1) is 0 Å². The Hall–Kier alpha value is -3.32. The van der Waals surface area contributed by atoms with Crippen molar-refractivity contribution in [2.75, 3.05) is 11.3 Å². The van der Waals surface area contributed by atoms with Gasteiger partial charge in [0.15, 0.2) is 0 Å². The lowest BCUT2D eigenvalue weighted by Gasteiger charge is -2.12. The van der Waals surface area contributed by atoms with Gasteiger partial charge >= 0.3 is 0 Å². The summed E-state index contributed by atoms with van der Waals surface area (Å²) in [6.45, 7) is 2.32. The molecule has 0 unspecified atom stereocenters. The molecule has 0 saturated carbocycles. The van der Waals surface area contributed by atoms with Crippen LogP contribution in [0.4, 0.5) is 5.69 Å². The molecule has 0 aliphatic rings. The Kier molecular flexibility index (Phi) is 6.19. The Labute approximate surface area is 170 Å². The minimum Gasteiger partial charge on any atom is -0.493 e. The van der Waals surface area contributed by atoms with E-state index in [1.165, 1.54) is 0 Å². The van der Waals surface area contributed by atoms with Crippen LogP contribution in [-0.2, 0) is 16.4 Å². The van der Waals surface area contributed by atoms with Crippen molar-refractivity contribution in [3.05, 3.63) is 89.5 Å². The maximum absolute atomic E-state index is 12.5. The third kappa shape index (κ3) is 5.58. The first-order valence-corrected chi connectivity index (χ1v) is 10.6. The van der Waals surface area contributed by atoms with Crippen LogP contribution >= 0.6 is 0 Å². The largest absolute Gasteiger partial charge is 0.493 e. The van der Waals surface area contributed by atoms with E-state index in [2.05, 4.69) is 4.72 Å². The van der Waals surface area contributed by atoms with Crippen LogP contribution in [0.25, 0.3) is 0 Å². The highest BCUT2D eigenvalue weighted by molar-refractivity contribution is 7.92. The molecule has 0 aliphatic heterocycles. The highest BCUT2D eigenvalue weighted by Gasteiger charge is 2.14. The highest BCUT2D eigenvalue weighted by Crippen LogP contribution is 2.23. The number of sulfonamides is 1. The first-order valence-electron chi connectivity index (χ1n) is 9.09. The molecule has 7 heteroatoms. The Morgan fingerprint density at radius 1 is 1.03 bits per heavy atom. The maximum Gasteiger partial charge on any atom is 0.261 e. The molecule has 150 valence electrons. The zero-order valence-corrected chi connectivity index (χ0v) is 16.9. The predicted molar refractivity (Wildman–Crippen MR) is 115 cm³/mol. The topological polar surface area (TPSA) is 105 Å². The van der Waals surface area contributed by atoms with Crippen molar-refractivity contribution in [1.29, 1.82) is 5.41 Å². The van der Waals surface area contributed by atoms with Crippen LogP contribution in [0.5, 0.6) is 5.75 Å². The summed E-state index contributed by atoms with van der Waals surface area (Å²) in [4.78, 5) is 0.206. The second-order valence-electron chi connectivity index (χ2n) is 6.66. The molecule has 4 N–H and O–H groups in total. The van der Waals surface area contributed by atoms with Crippen molar-refractivity contribution < 1.29 is 13.2 Å². The molecule has 0 aromatic heterocycles. The van der Waals surface area contributed by atoms with Crippen LogP contribution in [0.15, 0.2) is 77.7 Å². The molecular weight excluding hydrogens is 386 g/mol.